The number of benzene rings is 2. The average molecular weight is 401 g/mol. The smallest absolute Gasteiger partial charge is 0.270 e. The molecule has 0 saturated heterocycles. The topological polar surface area (TPSA) is 80.6 Å². The van der Waals surface area contributed by atoms with Crippen LogP contribution in [0.15, 0.2) is 77.7 Å². The van der Waals surface area contributed by atoms with E-state index in [1.165, 1.54) is 4.57 Å². The van der Waals surface area contributed by atoms with E-state index in [0.29, 0.717) is 33.1 Å². The van der Waals surface area contributed by atoms with Crippen LogP contribution in [0.3, 0.4) is 0 Å². The number of halogens is 1. The minimum absolute atomic E-state index is 0.00666. The number of H-pyrrole nitrogens is 1. The Morgan fingerprint density at radius 3 is 2.45 bits per heavy atom. The van der Waals surface area contributed by atoms with Gasteiger partial charge in [-0.3, -0.25) is 14.2 Å². The highest BCUT2D eigenvalue weighted by Gasteiger charge is 2.25. The molecule has 5 rings (SSSR count). The molecule has 0 aliphatic rings. The molecular formula is C22H13ClN4O2. The SMILES string of the molecule is O=C(c1ccccc1)c1c(=O)n(-c2ccc(Cl)cc2)c2nc3ccc[nH]c3nc12. The lowest BCUT2D eigenvalue weighted by molar-refractivity contribution is 0.103. The van der Waals surface area contributed by atoms with Crippen LogP contribution in [0, 0.1) is 0 Å². The van der Waals surface area contributed by atoms with Crippen molar-refractivity contribution in [2.75, 3.05) is 0 Å². The number of aromatic nitrogens is 4. The number of nitrogens with zero attached hydrogens (tertiary/aromatic N) is 3. The fourth-order valence-corrected chi connectivity index (χ4v) is 3.45. The van der Waals surface area contributed by atoms with Crippen LogP contribution in [-0.2, 0) is 0 Å². The predicted octanol–water partition coefficient (Wildman–Crippen LogP) is 4.15. The summed E-state index contributed by atoms with van der Waals surface area (Å²) in [6.07, 6.45) is 1.72. The summed E-state index contributed by atoms with van der Waals surface area (Å²) in [5.74, 6) is -0.391. The van der Waals surface area contributed by atoms with E-state index < -0.39 is 11.3 Å². The van der Waals surface area contributed by atoms with Crippen molar-refractivity contribution in [3.8, 4) is 5.69 Å². The highest BCUT2D eigenvalue weighted by molar-refractivity contribution is 6.30. The number of carbonyl (C=O) groups is 1. The van der Waals surface area contributed by atoms with Gasteiger partial charge in [0.05, 0.1) is 5.69 Å². The van der Waals surface area contributed by atoms with E-state index in [4.69, 9.17) is 11.6 Å². The molecule has 1 N–H and O–H groups in total. The van der Waals surface area contributed by atoms with E-state index in [-0.39, 0.29) is 11.1 Å². The molecule has 0 atom stereocenters. The van der Waals surface area contributed by atoms with Crippen LogP contribution in [0.4, 0.5) is 0 Å². The van der Waals surface area contributed by atoms with Gasteiger partial charge < -0.3 is 4.98 Å². The zero-order chi connectivity index (χ0) is 20.0. The van der Waals surface area contributed by atoms with E-state index >= 15 is 0 Å². The highest BCUT2D eigenvalue weighted by atomic mass is 35.5. The minimum atomic E-state index is -0.466. The molecule has 6 nitrogen and oxygen atoms in total. The van der Waals surface area contributed by atoms with Crippen LogP contribution >= 0.6 is 11.6 Å². The summed E-state index contributed by atoms with van der Waals surface area (Å²) in [6, 6.07) is 19.1. The molecular weight excluding hydrogens is 388 g/mol. The molecule has 0 bridgehead atoms. The number of rotatable bonds is 3. The molecule has 0 saturated carbocycles. The number of hydrogen-bond acceptors (Lipinski definition) is 4. The maximum absolute atomic E-state index is 13.4. The van der Waals surface area contributed by atoms with Crippen LogP contribution in [0.2, 0.25) is 5.02 Å². The summed E-state index contributed by atoms with van der Waals surface area (Å²) in [5.41, 5.74) is 2.17. The zero-order valence-corrected chi connectivity index (χ0v) is 15.7. The lowest BCUT2D eigenvalue weighted by atomic mass is 10.1. The molecule has 0 aliphatic carbocycles. The van der Waals surface area contributed by atoms with Crippen molar-refractivity contribution in [2.45, 2.75) is 0 Å². The number of hydrogen-bond donors (Lipinski definition) is 1. The molecule has 0 unspecified atom stereocenters. The largest absolute Gasteiger partial charge is 0.345 e. The first kappa shape index (κ1) is 17.3. The Bertz CT molecular complexity index is 1440. The van der Waals surface area contributed by atoms with Gasteiger partial charge in [-0.1, -0.05) is 41.9 Å². The molecule has 0 aliphatic heterocycles. The maximum atomic E-state index is 13.4. The van der Waals surface area contributed by atoms with Gasteiger partial charge in [-0.2, -0.15) is 0 Å². The Kier molecular flexibility index (Phi) is 4.00. The molecule has 5 aromatic rings. The number of carbonyl (C=O) groups excluding carboxylic acids is 1. The summed E-state index contributed by atoms with van der Waals surface area (Å²) < 4.78 is 1.40. The van der Waals surface area contributed by atoms with Crippen LogP contribution in [-0.4, -0.2) is 25.3 Å². The van der Waals surface area contributed by atoms with Gasteiger partial charge in [-0.15, -0.1) is 0 Å². The standard InChI is InChI=1S/C22H13ClN4O2/c23-14-8-10-15(11-9-14)27-21-18(26-20-16(25-21)7-4-12-24-20)17(22(27)29)19(28)13-5-2-1-3-6-13/h1-12H,(H,24,26). The van der Waals surface area contributed by atoms with Gasteiger partial charge in [-0.05, 0) is 36.4 Å². The Balaban J connectivity index is 1.88. The van der Waals surface area contributed by atoms with Gasteiger partial charge in [0.1, 0.15) is 16.6 Å². The Labute approximate surface area is 169 Å². The first-order valence-electron chi connectivity index (χ1n) is 8.89. The fourth-order valence-electron chi connectivity index (χ4n) is 3.33. The van der Waals surface area contributed by atoms with Gasteiger partial charge in [0.2, 0.25) is 5.78 Å². The van der Waals surface area contributed by atoms with E-state index in [2.05, 4.69) is 15.0 Å². The normalized spacial score (nSPS) is 11.2. The van der Waals surface area contributed by atoms with Crippen molar-refractivity contribution >= 4 is 39.7 Å². The van der Waals surface area contributed by atoms with E-state index in [0.717, 1.165) is 0 Å². The van der Waals surface area contributed by atoms with Crippen molar-refractivity contribution in [1.82, 2.24) is 19.5 Å². The lowest BCUT2D eigenvalue weighted by Crippen LogP contribution is -2.20. The third-order valence-corrected chi connectivity index (χ3v) is 4.94. The van der Waals surface area contributed by atoms with Crippen molar-refractivity contribution in [3.05, 3.63) is 99.4 Å². The van der Waals surface area contributed by atoms with E-state index in [9.17, 15) is 9.59 Å². The molecule has 140 valence electrons. The van der Waals surface area contributed by atoms with Gasteiger partial charge in [0, 0.05) is 16.8 Å². The minimum Gasteiger partial charge on any atom is -0.345 e. The molecule has 0 radical (unpaired) electrons. The number of aromatic amines is 1. The summed E-state index contributed by atoms with van der Waals surface area (Å²) in [4.78, 5) is 38.8. The van der Waals surface area contributed by atoms with Crippen molar-refractivity contribution in [1.29, 1.82) is 0 Å². The second kappa shape index (κ2) is 6.68. The third kappa shape index (κ3) is 2.81. The fraction of sp³-hybridized carbons (Fsp3) is 0. The summed E-state index contributed by atoms with van der Waals surface area (Å²) >= 11 is 6.00. The van der Waals surface area contributed by atoms with E-state index in [1.54, 1.807) is 66.9 Å². The van der Waals surface area contributed by atoms with Crippen LogP contribution in [0.5, 0.6) is 0 Å². The molecule has 0 spiro atoms. The van der Waals surface area contributed by atoms with Crippen LogP contribution < -0.4 is 5.56 Å². The lowest BCUT2D eigenvalue weighted by Gasteiger charge is -2.04. The maximum Gasteiger partial charge on any atom is 0.270 e. The number of nitrogens with one attached hydrogen (secondary N) is 1. The zero-order valence-electron chi connectivity index (χ0n) is 15.0. The number of pyridine rings is 1. The van der Waals surface area contributed by atoms with Gasteiger partial charge in [-0.25, -0.2) is 9.97 Å². The Morgan fingerprint density at radius 2 is 1.69 bits per heavy atom. The van der Waals surface area contributed by atoms with Crippen molar-refractivity contribution in [2.24, 2.45) is 0 Å². The monoisotopic (exact) mass is 400 g/mol. The van der Waals surface area contributed by atoms with Crippen molar-refractivity contribution < 1.29 is 4.79 Å². The number of ketones is 1. The van der Waals surface area contributed by atoms with Crippen molar-refractivity contribution in [3.63, 3.8) is 0 Å². The van der Waals surface area contributed by atoms with Gasteiger partial charge in [0.15, 0.2) is 11.3 Å². The molecule has 7 heteroatoms. The van der Waals surface area contributed by atoms with Crippen LogP contribution in [0.1, 0.15) is 15.9 Å². The Morgan fingerprint density at radius 1 is 0.931 bits per heavy atom. The second-order valence-electron chi connectivity index (χ2n) is 6.49. The van der Waals surface area contributed by atoms with E-state index in [1.807, 2.05) is 6.07 Å². The Hall–Kier alpha value is -3.77. The summed E-state index contributed by atoms with van der Waals surface area (Å²) in [5, 5.41) is 0.546. The van der Waals surface area contributed by atoms with Crippen LogP contribution in [0.25, 0.3) is 28.0 Å². The first-order valence-corrected chi connectivity index (χ1v) is 9.27. The molecule has 0 amide bonds. The molecule has 3 aromatic heterocycles. The van der Waals surface area contributed by atoms with Gasteiger partial charge in [0.25, 0.3) is 5.56 Å². The molecule has 29 heavy (non-hydrogen) atoms. The molecule has 2 aromatic carbocycles. The second-order valence-corrected chi connectivity index (χ2v) is 6.92. The molecule has 0 fully saturated rings. The number of fused-ring (bicyclic) bond motifs is 2. The average Bonchev–Trinajstić information content (AvgIpc) is 3.03. The predicted molar refractivity (Wildman–Crippen MR) is 112 cm³/mol. The third-order valence-electron chi connectivity index (χ3n) is 4.69. The first-order chi connectivity index (χ1) is 14.1. The quantitative estimate of drug-likeness (QED) is 0.461. The molecule has 3 heterocycles. The van der Waals surface area contributed by atoms with Gasteiger partial charge >= 0.3 is 0 Å². The summed E-state index contributed by atoms with van der Waals surface area (Å²) in [6.45, 7) is 0. The highest BCUT2D eigenvalue weighted by Crippen LogP contribution is 2.23. The summed E-state index contributed by atoms with van der Waals surface area (Å²) in [7, 11) is 0.